The van der Waals surface area contributed by atoms with Crippen molar-refractivity contribution in [3.05, 3.63) is 11.5 Å². The number of hydrogen-bond donors (Lipinski definition) is 4. The first-order chi connectivity index (χ1) is 20.3. The fraction of sp³-hybridized carbons (Fsp3) is 0.914. The Labute approximate surface area is 256 Å². The Bertz CT molecular complexity index is 739. The van der Waals surface area contributed by atoms with Gasteiger partial charge in [-0.1, -0.05) is 96.8 Å². The predicted molar refractivity (Wildman–Crippen MR) is 168 cm³/mol. The summed E-state index contributed by atoms with van der Waals surface area (Å²) in [4.78, 5) is 11.7. The van der Waals surface area contributed by atoms with Gasteiger partial charge in [0.25, 0.3) is 0 Å². The zero-order chi connectivity index (χ0) is 30.6. The highest BCUT2D eigenvalue weighted by Gasteiger charge is 2.33. The van der Waals surface area contributed by atoms with Crippen LogP contribution in [0.5, 0.6) is 0 Å². The van der Waals surface area contributed by atoms with Crippen LogP contribution in [0.4, 0.5) is 0 Å². The van der Waals surface area contributed by atoms with E-state index in [9.17, 15) is 25.2 Å². The number of hydrogen-bond acceptors (Lipinski definition) is 7. The number of rotatable bonds is 25. The van der Waals surface area contributed by atoms with Crippen LogP contribution in [0.2, 0.25) is 0 Å². The number of ether oxygens (including phenoxy) is 2. The highest BCUT2D eigenvalue weighted by molar-refractivity contribution is 5.74. The van der Waals surface area contributed by atoms with E-state index in [1.54, 1.807) is 0 Å². The highest BCUT2D eigenvalue weighted by atomic mass is 16.5. The summed E-state index contributed by atoms with van der Waals surface area (Å²) >= 11 is 0. The van der Waals surface area contributed by atoms with Gasteiger partial charge in [-0.25, -0.2) is 0 Å². The molecule has 6 atom stereocenters. The van der Waals surface area contributed by atoms with Crippen molar-refractivity contribution in [3.63, 3.8) is 0 Å². The lowest BCUT2D eigenvalue weighted by atomic mass is 9.95. The zero-order valence-corrected chi connectivity index (χ0v) is 26.9. The minimum atomic E-state index is -0.631. The molecule has 0 bridgehead atoms. The number of carbonyl (C=O) groups excluding carboxylic acids is 1. The molecule has 42 heavy (non-hydrogen) atoms. The number of aliphatic hydroxyl groups is 4. The Morgan fingerprint density at radius 1 is 0.762 bits per heavy atom. The molecule has 246 valence electrons. The van der Waals surface area contributed by atoms with E-state index in [0.29, 0.717) is 69.3 Å². The van der Waals surface area contributed by atoms with Crippen LogP contribution in [0.15, 0.2) is 11.5 Å². The van der Waals surface area contributed by atoms with Gasteiger partial charge in [-0.15, -0.1) is 0 Å². The molecule has 0 radical (unpaired) electrons. The molecular formula is C35H64O7. The molecule has 7 heteroatoms. The number of aliphatic hydroxyl groups excluding tert-OH is 4. The molecule has 2 aliphatic rings. The predicted octanol–water partition coefficient (Wildman–Crippen LogP) is 8.18. The average Bonchev–Trinajstić information content (AvgIpc) is 3.58. The van der Waals surface area contributed by atoms with E-state index in [4.69, 9.17) is 9.47 Å². The summed E-state index contributed by atoms with van der Waals surface area (Å²) in [6.45, 7) is 4.15. The number of esters is 1. The van der Waals surface area contributed by atoms with Crippen molar-refractivity contribution in [2.75, 3.05) is 0 Å². The minimum Gasteiger partial charge on any atom is -0.509 e. The number of cyclic esters (lactones) is 1. The maximum absolute atomic E-state index is 11.7. The summed E-state index contributed by atoms with van der Waals surface area (Å²) < 4.78 is 11.1. The lowest BCUT2D eigenvalue weighted by molar-refractivity contribution is -0.144. The van der Waals surface area contributed by atoms with Crippen LogP contribution in [-0.2, 0) is 14.3 Å². The lowest BCUT2D eigenvalue weighted by Crippen LogP contribution is -2.26. The zero-order valence-electron chi connectivity index (χ0n) is 26.9. The van der Waals surface area contributed by atoms with Crippen molar-refractivity contribution < 1.29 is 34.7 Å². The molecule has 2 saturated heterocycles. The Morgan fingerprint density at radius 2 is 1.33 bits per heavy atom. The quantitative estimate of drug-likeness (QED) is 0.0477. The average molecular weight is 597 g/mol. The van der Waals surface area contributed by atoms with Gasteiger partial charge in [0, 0.05) is 12.8 Å². The van der Waals surface area contributed by atoms with E-state index >= 15 is 0 Å². The van der Waals surface area contributed by atoms with Crippen LogP contribution >= 0.6 is 0 Å². The summed E-state index contributed by atoms with van der Waals surface area (Å²) in [5, 5.41) is 41.7. The molecule has 7 nitrogen and oxygen atoms in total. The van der Waals surface area contributed by atoms with Crippen molar-refractivity contribution in [1.82, 2.24) is 0 Å². The third-order valence-electron chi connectivity index (χ3n) is 9.16. The second-order valence-electron chi connectivity index (χ2n) is 13.2. The summed E-state index contributed by atoms with van der Waals surface area (Å²) in [7, 11) is 0. The SMILES string of the molecule is CCCCCCCCCCCCC/C(O)=C1\CCC([C@H](O)CCC(O)CCCCCC[C@@H](O)CC2C[C@H](C)OC2=O)O1. The monoisotopic (exact) mass is 596 g/mol. The Hall–Kier alpha value is -1.31. The molecule has 0 aliphatic carbocycles. The van der Waals surface area contributed by atoms with Gasteiger partial charge in [0.2, 0.25) is 0 Å². The van der Waals surface area contributed by atoms with Gasteiger partial charge in [-0.05, 0) is 58.3 Å². The van der Waals surface area contributed by atoms with Crippen LogP contribution in [0.25, 0.3) is 0 Å². The fourth-order valence-electron chi connectivity index (χ4n) is 6.44. The third kappa shape index (κ3) is 16.0. The van der Waals surface area contributed by atoms with Crippen LogP contribution in [0.3, 0.4) is 0 Å². The van der Waals surface area contributed by atoms with Crippen LogP contribution < -0.4 is 0 Å². The Morgan fingerprint density at radius 3 is 1.93 bits per heavy atom. The molecule has 0 aromatic heterocycles. The summed E-state index contributed by atoms with van der Waals surface area (Å²) in [6.07, 6.45) is 21.7. The molecule has 0 aromatic carbocycles. The molecule has 0 spiro atoms. The maximum Gasteiger partial charge on any atom is 0.309 e. The number of unbranched alkanes of at least 4 members (excludes halogenated alkanes) is 13. The van der Waals surface area contributed by atoms with Crippen molar-refractivity contribution in [1.29, 1.82) is 0 Å². The fourth-order valence-corrected chi connectivity index (χ4v) is 6.44. The first-order valence-electron chi connectivity index (χ1n) is 17.6. The topological polar surface area (TPSA) is 116 Å². The molecular weight excluding hydrogens is 532 g/mol. The van der Waals surface area contributed by atoms with Gasteiger partial charge in [0.15, 0.2) is 0 Å². The highest BCUT2D eigenvalue weighted by Crippen LogP contribution is 2.31. The maximum atomic E-state index is 11.7. The molecule has 0 saturated carbocycles. The standard InChI is InChI=1S/C35H64O7/c1-3-4-5-6-7-8-9-10-11-12-17-20-31(38)33-23-24-34(42-33)32(39)22-21-29(36)18-15-13-14-16-19-30(37)26-28-25-27(2)41-35(28)40/h27-30,32,34,36-39H,3-26H2,1-2H3/b33-31-/t27-,28?,29?,30+,32+,34?/m0/s1. The van der Waals surface area contributed by atoms with E-state index in [2.05, 4.69) is 6.92 Å². The minimum absolute atomic E-state index is 0.0374. The van der Waals surface area contributed by atoms with E-state index in [0.717, 1.165) is 38.5 Å². The van der Waals surface area contributed by atoms with Gasteiger partial charge in [-0.2, -0.15) is 0 Å². The van der Waals surface area contributed by atoms with Crippen LogP contribution in [0.1, 0.15) is 168 Å². The molecule has 2 aliphatic heterocycles. The summed E-state index contributed by atoms with van der Waals surface area (Å²) in [5.41, 5.74) is 0. The first kappa shape index (κ1) is 36.9. The molecule has 2 heterocycles. The van der Waals surface area contributed by atoms with Gasteiger partial charge < -0.3 is 29.9 Å². The lowest BCUT2D eigenvalue weighted by Gasteiger charge is -2.20. The van der Waals surface area contributed by atoms with E-state index in [1.807, 2.05) is 6.92 Å². The molecule has 3 unspecified atom stereocenters. The second-order valence-corrected chi connectivity index (χ2v) is 13.2. The van der Waals surface area contributed by atoms with Gasteiger partial charge in [0.05, 0.1) is 30.3 Å². The van der Waals surface area contributed by atoms with Crippen molar-refractivity contribution in [3.8, 4) is 0 Å². The van der Waals surface area contributed by atoms with Crippen LogP contribution in [0, 0.1) is 5.92 Å². The molecule has 2 rings (SSSR count). The second kappa shape index (κ2) is 22.2. The van der Waals surface area contributed by atoms with Gasteiger partial charge in [-0.3, -0.25) is 4.79 Å². The summed E-state index contributed by atoms with van der Waals surface area (Å²) in [5.74, 6) is 0.658. The first-order valence-corrected chi connectivity index (χ1v) is 17.6. The smallest absolute Gasteiger partial charge is 0.309 e. The Kier molecular flexibility index (Phi) is 19.5. The van der Waals surface area contributed by atoms with Crippen molar-refractivity contribution in [2.45, 2.75) is 198 Å². The number of allylic oxidation sites excluding steroid dienone is 2. The molecule has 0 amide bonds. The largest absolute Gasteiger partial charge is 0.509 e. The third-order valence-corrected chi connectivity index (χ3v) is 9.16. The van der Waals surface area contributed by atoms with Crippen molar-refractivity contribution in [2.24, 2.45) is 5.92 Å². The molecule has 2 fully saturated rings. The molecule has 4 N–H and O–H groups in total. The van der Waals surface area contributed by atoms with Gasteiger partial charge in [0.1, 0.15) is 17.6 Å². The van der Waals surface area contributed by atoms with E-state index in [-0.39, 0.29) is 24.1 Å². The van der Waals surface area contributed by atoms with E-state index in [1.165, 1.54) is 57.8 Å². The van der Waals surface area contributed by atoms with Gasteiger partial charge >= 0.3 is 5.97 Å². The normalized spacial score (nSPS) is 23.9. The number of carbonyl (C=O) groups is 1. The van der Waals surface area contributed by atoms with Crippen LogP contribution in [-0.4, -0.2) is 56.9 Å². The molecule has 0 aromatic rings. The Balaban J connectivity index is 1.45. The van der Waals surface area contributed by atoms with Crippen molar-refractivity contribution >= 4 is 5.97 Å². The van der Waals surface area contributed by atoms with E-state index < -0.39 is 18.3 Å². The summed E-state index contributed by atoms with van der Waals surface area (Å²) in [6, 6.07) is 0.